The van der Waals surface area contributed by atoms with Crippen molar-refractivity contribution >= 4 is 21.6 Å². The van der Waals surface area contributed by atoms with E-state index in [-0.39, 0.29) is 16.8 Å². The predicted octanol–water partition coefficient (Wildman–Crippen LogP) is 3.92. The number of carbonyl (C=O) groups is 1. The van der Waals surface area contributed by atoms with Crippen molar-refractivity contribution < 1.29 is 13.2 Å². The Labute approximate surface area is 179 Å². The summed E-state index contributed by atoms with van der Waals surface area (Å²) in [7, 11) is -0.410. The van der Waals surface area contributed by atoms with Crippen LogP contribution in [0.4, 0.5) is 5.69 Å². The van der Waals surface area contributed by atoms with Gasteiger partial charge in [-0.05, 0) is 61.2 Å². The monoisotopic (exact) mass is 429 g/mol. The Morgan fingerprint density at radius 3 is 2.47 bits per heavy atom. The molecule has 0 saturated heterocycles. The molecule has 0 radical (unpaired) electrons. The molecule has 1 aliphatic carbocycles. The van der Waals surface area contributed by atoms with Crippen molar-refractivity contribution in [2.75, 3.05) is 19.4 Å². The van der Waals surface area contributed by atoms with Gasteiger partial charge in [0.1, 0.15) is 0 Å². The minimum Gasteiger partial charge on any atom is -0.381 e. The average Bonchev–Trinajstić information content (AvgIpc) is 2.73. The van der Waals surface area contributed by atoms with E-state index in [4.69, 9.17) is 0 Å². The highest BCUT2D eigenvalue weighted by Gasteiger charge is 2.18. The van der Waals surface area contributed by atoms with E-state index in [1.807, 2.05) is 31.2 Å². The molecule has 0 spiro atoms. The van der Waals surface area contributed by atoms with Gasteiger partial charge in [0.25, 0.3) is 5.91 Å². The molecule has 0 aliphatic heterocycles. The van der Waals surface area contributed by atoms with E-state index in [1.54, 1.807) is 18.2 Å². The highest BCUT2D eigenvalue weighted by Crippen LogP contribution is 2.21. The van der Waals surface area contributed by atoms with Crippen LogP contribution in [0.3, 0.4) is 0 Å². The van der Waals surface area contributed by atoms with Gasteiger partial charge in [-0.25, -0.2) is 12.7 Å². The minimum atomic E-state index is -3.46. The molecule has 2 aromatic carbocycles. The van der Waals surface area contributed by atoms with E-state index in [0.717, 1.165) is 29.7 Å². The van der Waals surface area contributed by atoms with E-state index < -0.39 is 10.0 Å². The molecule has 162 valence electrons. The van der Waals surface area contributed by atoms with Crippen LogP contribution >= 0.6 is 0 Å². The van der Waals surface area contributed by atoms with Gasteiger partial charge < -0.3 is 10.6 Å². The SMILES string of the molecule is Cc1cc(C(=O)NC2CCCCC2)ccc1NCc1cccc(S(=O)(=O)N(C)C)c1. The van der Waals surface area contributed by atoms with E-state index in [0.29, 0.717) is 12.1 Å². The number of hydrogen-bond donors (Lipinski definition) is 2. The lowest BCUT2D eigenvalue weighted by molar-refractivity contribution is 0.0927. The molecule has 0 bridgehead atoms. The number of nitrogens with zero attached hydrogens (tertiary/aromatic N) is 1. The van der Waals surface area contributed by atoms with Crippen molar-refractivity contribution in [3.8, 4) is 0 Å². The smallest absolute Gasteiger partial charge is 0.251 e. The molecule has 0 heterocycles. The zero-order chi connectivity index (χ0) is 21.7. The van der Waals surface area contributed by atoms with Crippen LogP contribution in [0.25, 0.3) is 0 Å². The van der Waals surface area contributed by atoms with Crippen molar-refractivity contribution in [3.63, 3.8) is 0 Å². The van der Waals surface area contributed by atoms with Gasteiger partial charge in [0.2, 0.25) is 10.0 Å². The maximum Gasteiger partial charge on any atom is 0.251 e. The number of hydrogen-bond acceptors (Lipinski definition) is 4. The second-order valence-electron chi connectivity index (χ2n) is 8.13. The van der Waals surface area contributed by atoms with Crippen molar-refractivity contribution in [2.24, 2.45) is 0 Å². The van der Waals surface area contributed by atoms with Gasteiger partial charge in [0, 0.05) is 37.9 Å². The third-order valence-electron chi connectivity index (χ3n) is 5.59. The minimum absolute atomic E-state index is 0.0156. The molecule has 2 aromatic rings. The second kappa shape index (κ2) is 9.62. The Bertz CT molecular complexity index is 997. The number of anilines is 1. The zero-order valence-corrected chi connectivity index (χ0v) is 18.8. The average molecular weight is 430 g/mol. The molecule has 6 nitrogen and oxygen atoms in total. The summed E-state index contributed by atoms with van der Waals surface area (Å²) in [6, 6.07) is 12.9. The Kier molecular flexibility index (Phi) is 7.15. The molecule has 3 rings (SSSR count). The molecule has 0 unspecified atom stereocenters. The van der Waals surface area contributed by atoms with Crippen LogP contribution in [0.1, 0.15) is 53.6 Å². The van der Waals surface area contributed by atoms with Gasteiger partial charge in [-0.2, -0.15) is 0 Å². The summed E-state index contributed by atoms with van der Waals surface area (Å²) in [5.41, 5.74) is 3.44. The first-order chi connectivity index (χ1) is 14.3. The summed E-state index contributed by atoms with van der Waals surface area (Å²) < 4.78 is 25.9. The maximum absolute atomic E-state index is 12.5. The van der Waals surface area contributed by atoms with Gasteiger partial charge in [-0.1, -0.05) is 31.4 Å². The summed E-state index contributed by atoms with van der Waals surface area (Å²) in [6.45, 7) is 2.46. The van der Waals surface area contributed by atoms with Gasteiger partial charge >= 0.3 is 0 Å². The summed E-state index contributed by atoms with van der Waals surface area (Å²) in [6.07, 6.45) is 5.75. The number of aryl methyl sites for hydroxylation is 1. The topological polar surface area (TPSA) is 78.5 Å². The fourth-order valence-electron chi connectivity index (χ4n) is 3.74. The third kappa shape index (κ3) is 5.40. The Hall–Kier alpha value is -2.38. The van der Waals surface area contributed by atoms with Crippen LogP contribution in [0, 0.1) is 6.92 Å². The first-order valence-electron chi connectivity index (χ1n) is 10.4. The first-order valence-corrected chi connectivity index (χ1v) is 11.9. The summed E-state index contributed by atoms with van der Waals surface area (Å²) in [5, 5.41) is 6.49. The number of nitrogens with one attached hydrogen (secondary N) is 2. The second-order valence-corrected chi connectivity index (χ2v) is 10.3. The van der Waals surface area contributed by atoms with Gasteiger partial charge in [0.05, 0.1) is 4.90 Å². The molecular weight excluding hydrogens is 398 g/mol. The highest BCUT2D eigenvalue weighted by molar-refractivity contribution is 7.89. The lowest BCUT2D eigenvalue weighted by Crippen LogP contribution is -2.36. The molecule has 1 amide bonds. The lowest BCUT2D eigenvalue weighted by atomic mass is 9.95. The third-order valence-corrected chi connectivity index (χ3v) is 7.40. The fourth-order valence-corrected chi connectivity index (χ4v) is 4.72. The van der Waals surface area contributed by atoms with Crippen LogP contribution in [0.15, 0.2) is 47.4 Å². The van der Waals surface area contributed by atoms with Crippen molar-refractivity contribution in [1.29, 1.82) is 0 Å². The van der Waals surface area contributed by atoms with Gasteiger partial charge in [-0.15, -0.1) is 0 Å². The number of sulfonamides is 1. The molecule has 30 heavy (non-hydrogen) atoms. The van der Waals surface area contributed by atoms with Crippen molar-refractivity contribution in [1.82, 2.24) is 9.62 Å². The number of benzene rings is 2. The Morgan fingerprint density at radius 2 is 1.80 bits per heavy atom. The van der Waals surface area contributed by atoms with E-state index in [9.17, 15) is 13.2 Å². The number of amides is 1. The molecule has 0 aromatic heterocycles. The fraction of sp³-hybridized carbons (Fsp3) is 0.435. The standard InChI is InChI=1S/C23H31N3O3S/c1-17-14-19(23(27)25-20-9-5-4-6-10-20)12-13-22(17)24-16-18-8-7-11-21(15-18)30(28,29)26(2)3/h7-8,11-15,20,24H,4-6,9-10,16H2,1-3H3,(H,25,27). The Balaban J connectivity index is 1.64. The van der Waals surface area contributed by atoms with Crippen LogP contribution in [-0.2, 0) is 16.6 Å². The van der Waals surface area contributed by atoms with Crippen LogP contribution in [0.5, 0.6) is 0 Å². The zero-order valence-electron chi connectivity index (χ0n) is 17.9. The molecular formula is C23H31N3O3S. The summed E-state index contributed by atoms with van der Waals surface area (Å²) in [5.74, 6) is -0.0156. The van der Waals surface area contributed by atoms with Crippen LogP contribution in [0.2, 0.25) is 0 Å². The van der Waals surface area contributed by atoms with Crippen LogP contribution < -0.4 is 10.6 Å². The van der Waals surface area contributed by atoms with Crippen molar-refractivity contribution in [2.45, 2.75) is 56.5 Å². The molecule has 2 N–H and O–H groups in total. The quantitative estimate of drug-likeness (QED) is 0.699. The molecule has 7 heteroatoms. The van der Waals surface area contributed by atoms with E-state index in [2.05, 4.69) is 10.6 Å². The van der Waals surface area contributed by atoms with Crippen molar-refractivity contribution in [3.05, 3.63) is 59.2 Å². The molecule has 1 fully saturated rings. The molecule has 1 aliphatic rings. The summed E-state index contributed by atoms with van der Waals surface area (Å²) >= 11 is 0. The van der Waals surface area contributed by atoms with E-state index >= 15 is 0 Å². The number of carbonyl (C=O) groups excluding carboxylic acids is 1. The predicted molar refractivity (Wildman–Crippen MR) is 120 cm³/mol. The maximum atomic E-state index is 12.5. The van der Waals surface area contributed by atoms with Crippen LogP contribution in [-0.4, -0.2) is 38.8 Å². The largest absolute Gasteiger partial charge is 0.381 e. The molecule has 1 saturated carbocycles. The molecule has 0 atom stereocenters. The van der Waals surface area contributed by atoms with Gasteiger partial charge in [0.15, 0.2) is 0 Å². The first kappa shape index (κ1) is 22.3. The lowest BCUT2D eigenvalue weighted by Gasteiger charge is -2.23. The van der Waals surface area contributed by atoms with Gasteiger partial charge in [-0.3, -0.25) is 4.79 Å². The summed E-state index contributed by atoms with van der Waals surface area (Å²) in [4.78, 5) is 12.8. The van der Waals surface area contributed by atoms with E-state index in [1.165, 1.54) is 37.7 Å². The number of rotatable bonds is 7. The normalized spacial score (nSPS) is 15.2. The highest BCUT2D eigenvalue weighted by atomic mass is 32.2. The Morgan fingerprint density at radius 1 is 1.07 bits per heavy atom.